The first-order chi connectivity index (χ1) is 13.5. The van der Waals surface area contributed by atoms with Crippen molar-refractivity contribution >= 4 is 23.2 Å². The molecule has 0 atom stereocenters. The number of guanidine groups is 1. The predicted octanol–water partition coefficient (Wildman–Crippen LogP) is 3.25. The molecule has 150 valence electrons. The van der Waals surface area contributed by atoms with E-state index in [0.29, 0.717) is 32.0 Å². The van der Waals surface area contributed by atoms with Crippen LogP contribution in [0.2, 0.25) is 0 Å². The van der Waals surface area contributed by atoms with Crippen LogP contribution in [0, 0.1) is 0 Å². The number of benzene rings is 1. The summed E-state index contributed by atoms with van der Waals surface area (Å²) < 4.78 is 0. The van der Waals surface area contributed by atoms with Crippen LogP contribution in [0.3, 0.4) is 0 Å². The number of hydrogen-bond donors (Lipinski definition) is 2. The maximum Gasteiger partial charge on any atom is 0.222 e. The quantitative estimate of drug-likeness (QED) is 0.554. The molecule has 0 bridgehead atoms. The number of carbonyl (C=O) groups excluding carboxylic acids is 1. The SMILES string of the molecule is CN=C(NCc1cccc(CN2CCCC2=O)c1)NCc1nc(C(C)C)cs1. The van der Waals surface area contributed by atoms with Gasteiger partial charge in [0.15, 0.2) is 5.96 Å². The van der Waals surface area contributed by atoms with Crippen LogP contribution in [0.1, 0.15) is 54.4 Å². The van der Waals surface area contributed by atoms with Gasteiger partial charge in [0.25, 0.3) is 0 Å². The van der Waals surface area contributed by atoms with Gasteiger partial charge >= 0.3 is 0 Å². The Kier molecular flexibility index (Phi) is 7.03. The molecule has 1 aliphatic rings. The van der Waals surface area contributed by atoms with E-state index in [-0.39, 0.29) is 5.91 Å². The fraction of sp³-hybridized carbons (Fsp3) is 0.476. The van der Waals surface area contributed by atoms with E-state index < -0.39 is 0 Å². The summed E-state index contributed by atoms with van der Waals surface area (Å²) in [5.41, 5.74) is 3.47. The Morgan fingerprint density at radius 1 is 1.29 bits per heavy atom. The van der Waals surface area contributed by atoms with Crippen molar-refractivity contribution in [2.75, 3.05) is 13.6 Å². The minimum absolute atomic E-state index is 0.260. The van der Waals surface area contributed by atoms with Crippen LogP contribution in [0.25, 0.3) is 0 Å². The van der Waals surface area contributed by atoms with Crippen molar-refractivity contribution in [1.29, 1.82) is 0 Å². The Labute approximate surface area is 171 Å². The highest BCUT2D eigenvalue weighted by Crippen LogP contribution is 2.17. The molecule has 0 saturated carbocycles. The summed E-state index contributed by atoms with van der Waals surface area (Å²) in [6.45, 7) is 7.21. The lowest BCUT2D eigenvalue weighted by Gasteiger charge is -2.16. The van der Waals surface area contributed by atoms with Crippen molar-refractivity contribution in [3.05, 3.63) is 51.5 Å². The molecule has 3 rings (SSSR count). The molecule has 0 aliphatic carbocycles. The van der Waals surface area contributed by atoms with Crippen molar-refractivity contribution in [3.8, 4) is 0 Å². The van der Waals surface area contributed by atoms with Gasteiger partial charge in [0, 0.05) is 38.5 Å². The number of aromatic nitrogens is 1. The van der Waals surface area contributed by atoms with Gasteiger partial charge in [-0.2, -0.15) is 0 Å². The van der Waals surface area contributed by atoms with Crippen molar-refractivity contribution < 1.29 is 4.79 Å². The zero-order chi connectivity index (χ0) is 19.9. The summed E-state index contributed by atoms with van der Waals surface area (Å²) in [5, 5.41) is 9.85. The summed E-state index contributed by atoms with van der Waals surface area (Å²) in [5.74, 6) is 1.46. The number of rotatable bonds is 7. The molecule has 1 fully saturated rings. The van der Waals surface area contributed by atoms with E-state index in [1.807, 2.05) is 11.0 Å². The minimum Gasteiger partial charge on any atom is -0.352 e. The Bertz CT molecular complexity index is 830. The molecule has 0 spiro atoms. The summed E-state index contributed by atoms with van der Waals surface area (Å²) >= 11 is 1.67. The van der Waals surface area contributed by atoms with Gasteiger partial charge in [-0.3, -0.25) is 9.79 Å². The van der Waals surface area contributed by atoms with Gasteiger partial charge in [-0.05, 0) is 23.5 Å². The van der Waals surface area contributed by atoms with Crippen LogP contribution >= 0.6 is 11.3 Å². The summed E-state index contributed by atoms with van der Waals surface area (Å²) in [6, 6.07) is 8.37. The number of thiazole rings is 1. The van der Waals surface area contributed by atoms with Gasteiger partial charge in [-0.25, -0.2) is 4.98 Å². The first kappa shape index (κ1) is 20.3. The van der Waals surface area contributed by atoms with E-state index in [1.165, 1.54) is 11.1 Å². The molecular weight excluding hydrogens is 370 g/mol. The van der Waals surface area contributed by atoms with E-state index in [0.717, 1.165) is 29.6 Å². The molecule has 0 radical (unpaired) electrons. The van der Waals surface area contributed by atoms with Crippen LogP contribution < -0.4 is 10.6 Å². The first-order valence-electron chi connectivity index (χ1n) is 9.79. The van der Waals surface area contributed by atoms with Gasteiger partial charge in [0.1, 0.15) is 5.01 Å². The number of carbonyl (C=O) groups is 1. The van der Waals surface area contributed by atoms with Crippen molar-refractivity contribution in [3.63, 3.8) is 0 Å². The third kappa shape index (κ3) is 5.55. The fourth-order valence-corrected chi connectivity index (χ4v) is 4.06. The summed E-state index contributed by atoms with van der Waals surface area (Å²) in [6.07, 6.45) is 1.65. The molecule has 1 amide bonds. The second-order valence-electron chi connectivity index (χ2n) is 7.34. The Morgan fingerprint density at radius 2 is 2.07 bits per heavy atom. The smallest absolute Gasteiger partial charge is 0.222 e. The predicted molar refractivity (Wildman–Crippen MR) is 114 cm³/mol. The van der Waals surface area contributed by atoms with Gasteiger partial charge in [-0.15, -0.1) is 11.3 Å². The fourth-order valence-electron chi connectivity index (χ4n) is 3.17. The lowest BCUT2D eigenvalue weighted by Crippen LogP contribution is -2.36. The van der Waals surface area contributed by atoms with E-state index in [9.17, 15) is 4.79 Å². The normalized spacial score (nSPS) is 14.8. The molecule has 1 aromatic carbocycles. The van der Waals surface area contributed by atoms with Crippen LogP contribution in [-0.2, 0) is 24.4 Å². The van der Waals surface area contributed by atoms with Crippen LogP contribution in [0.15, 0.2) is 34.6 Å². The molecule has 2 heterocycles. The number of hydrogen-bond acceptors (Lipinski definition) is 4. The second kappa shape index (κ2) is 9.68. The molecular formula is C21H29N5OS. The number of aliphatic imine (C=N–C) groups is 1. The molecule has 2 N–H and O–H groups in total. The summed E-state index contributed by atoms with van der Waals surface area (Å²) in [7, 11) is 1.77. The highest BCUT2D eigenvalue weighted by molar-refractivity contribution is 7.09. The molecule has 1 saturated heterocycles. The number of amides is 1. The third-order valence-corrected chi connectivity index (χ3v) is 5.65. The zero-order valence-corrected chi connectivity index (χ0v) is 17.7. The summed E-state index contributed by atoms with van der Waals surface area (Å²) in [4.78, 5) is 22.7. The standard InChI is InChI=1S/C21H29N5OS/c1-15(2)18-14-28-19(25-18)12-24-21(22-3)23-11-16-6-4-7-17(10-16)13-26-9-5-8-20(26)27/h4,6-7,10,14-15H,5,8-9,11-13H2,1-3H3,(H2,22,23,24). The van der Waals surface area contributed by atoms with Crippen molar-refractivity contribution in [2.45, 2.75) is 52.2 Å². The number of nitrogens with zero attached hydrogens (tertiary/aromatic N) is 3. The third-order valence-electron chi connectivity index (χ3n) is 4.79. The number of likely N-dealkylation sites (tertiary alicyclic amines) is 1. The molecule has 7 heteroatoms. The molecule has 1 aliphatic heterocycles. The van der Waals surface area contributed by atoms with E-state index in [1.54, 1.807) is 18.4 Å². The molecule has 0 unspecified atom stereocenters. The largest absolute Gasteiger partial charge is 0.352 e. The monoisotopic (exact) mass is 399 g/mol. The zero-order valence-electron chi connectivity index (χ0n) is 16.9. The first-order valence-corrected chi connectivity index (χ1v) is 10.7. The van der Waals surface area contributed by atoms with E-state index >= 15 is 0 Å². The lowest BCUT2D eigenvalue weighted by atomic mass is 10.1. The van der Waals surface area contributed by atoms with E-state index in [2.05, 4.69) is 58.0 Å². The van der Waals surface area contributed by atoms with Gasteiger partial charge < -0.3 is 15.5 Å². The van der Waals surface area contributed by atoms with Crippen LogP contribution in [-0.4, -0.2) is 35.3 Å². The van der Waals surface area contributed by atoms with Crippen molar-refractivity contribution in [1.82, 2.24) is 20.5 Å². The van der Waals surface area contributed by atoms with Gasteiger partial charge in [0.05, 0.1) is 12.2 Å². The second-order valence-corrected chi connectivity index (χ2v) is 8.28. The average molecular weight is 400 g/mol. The molecule has 2 aromatic rings. The highest BCUT2D eigenvalue weighted by atomic mass is 32.1. The molecule has 28 heavy (non-hydrogen) atoms. The Balaban J connectivity index is 1.50. The average Bonchev–Trinajstić information content (AvgIpc) is 3.32. The van der Waals surface area contributed by atoms with Crippen LogP contribution in [0.5, 0.6) is 0 Å². The topological polar surface area (TPSA) is 69.6 Å². The number of nitrogens with one attached hydrogen (secondary N) is 2. The van der Waals surface area contributed by atoms with Gasteiger partial charge in [0.2, 0.25) is 5.91 Å². The lowest BCUT2D eigenvalue weighted by molar-refractivity contribution is -0.128. The maximum atomic E-state index is 11.8. The highest BCUT2D eigenvalue weighted by Gasteiger charge is 2.19. The van der Waals surface area contributed by atoms with Gasteiger partial charge in [-0.1, -0.05) is 38.1 Å². The molecule has 1 aromatic heterocycles. The van der Waals surface area contributed by atoms with Crippen LogP contribution in [0.4, 0.5) is 0 Å². The Morgan fingerprint density at radius 3 is 2.75 bits per heavy atom. The minimum atomic E-state index is 0.260. The molecule has 6 nitrogen and oxygen atoms in total. The van der Waals surface area contributed by atoms with E-state index in [4.69, 9.17) is 0 Å². The Hall–Kier alpha value is -2.41. The van der Waals surface area contributed by atoms with Crippen molar-refractivity contribution in [2.24, 2.45) is 4.99 Å². The maximum absolute atomic E-state index is 11.8.